The van der Waals surface area contributed by atoms with Crippen LogP contribution < -0.4 is 15.5 Å². The molecule has 1 aromatic heterocycles. The summed E-state index contributed by atoms with van der Waals surface area (Å²) in [5, 5.41) is 5.90. The maximum absolute atomic E-state index is 13.3. The lowest BCUT2D eigenvalue weighted by Gasteiger charge is -2.30. The van der Waals surface area contributed by atoms with Gasteiger partial charge in [-0.2, -0.15) is 0 Å². The van der Waals surface area contributed by atoms with Crippen molar-refractivity contribution in [3.8, 4) is 0 Å². The molecule has 0 bridgehead atoms. The van der Waals surface area contributed by atoms with Crippen LogP contribution in [0.25, 0.3) is 0 Å². The van der Waals surface area contributed by atoms with E-state index in [1.165, 1.54) is 24.5 Å². The fraction of sp³-hybridized carbons (Fsp3) is 0.190. The number of carbonyl (C=O) groups excluding carboxylic acids is 1. The average molecular weight is 393 g/mol. The van der Waals surface area contributed by atoms with Crippen LogP contribution in [0.5, 0.6) is 0 Å². The second-order valence-electron chi connectivity index (χ2n) is 6.49. The molecule has 0 unspecified atom stereocenters. The molecule has 1 aliphatic rings. The zero-order valence-electron chi connectivity index (χ0n) is 15.6. The number of anilines is 4. The summed E-state index contributed by atoms with van der Waals surface area (Å²) in [5.41, 5.74) is 2.46. The highest BCUT2D eigenvalue weighted by atomic mass is 19.1. The van der Waals surface area contributed by atoms with Gasteiger partial charge in [0.1, 0.15) is 23.7 Å². The number of benzene rings is 2. The summed E-state index contributed by atoms with van der Waals surface area (Å²) in [6, 6.07) is 15.2. The van der Waals surface area contributed by atoms with Crippen LogP contribution in [0, 0.1) is 5.82 Å². The Morgan fingerprint density at radius 3 is 2.69 bits per heavy atom. The predicted octanol–water partition coefficient (Wildman–Crippen LogP) is 3.45. The maximum Gasteiger partial charge on any atom is 0.274 e. The van der Waals surface area contributed by atoms with Crippen molar-refractivity contribution in [2.45, 2.75) is 0 Å². The lowest BCUT2D eigenvalue weighted by atomic mass is 10.2. The highest BCUT2D eigenvalue weighted by molar-refractivity contribution is 6.03. The molecular formula is C21H20FN5O2. The first kappa shape index (κ1) is 18.8. The van der Waals surface area contributed by atoms with Crippen molar-refractivity contribution >= 4 is 28.8 Å². The number of nitrogens with zero attached hydrogens (tertiary/aromatic N) is 3. The van der Waals surface area contributed by atoms with Gasteiger partial charge in [-0.25, -0.2) is 14.4 Å². The van der Waals surface area contributed by atoms with Crippen molar-refractivity contribution in [1.29, 1.82) is 0 Å². The van der Waals surface area contributed by atoms with E-state index < -0.39 is 11.7 Å². The summed E-state index contributed by atoms with van der Waals surface area (Å²) in [6.07, 6.45) is 1.32. The Hall–Kier alpha value is -3.52. The number of hydrogen-bond acceptors (Lipinski definition) is 6. The summed E-state index contributed by atoms with van der Waals surface area (Å²) in [7, 11) is 0. The van der Waals surface area contributed by atoms with Gasteiger partial charge in [-0.15, -0.1) is 0 Å². The second kappa shape index (κ2) is 8.66. The minimum Gasteiger partial charge on any atom is -0.378 e. The number of hydrogen-bond donors (Lipinski definition) is 2. The van der Waals surface area contributed by atoms with Crippen LogP contribution in [0.2, 0.25) is 0 Å². The zero-order valence-corrected chi connectivity index (χ0v) is 15.6. The van der Waals surface area contributed by atoms with E-state index in [0.717, 1.165) is 24.5 Å². The molecule has 0 spiro atoms. The topological polar surface area (TPSA) is 79.4 Å². The number of nitrogens with one attached hydrogen (secondary N) is 2. The fourth-order valence-corrected chi connectivity index (χ4v) is 3.11. The molecule has 0 aliphatic carbocycles. The van der Waals surface area contributed by atoms with Gasteiger partial charge < -0.3 is 20.3 Å². The zero-order chi connectivity index (χ0) is 20.1. The van der Waals surface area contributed by atoms with E-state index in [0.29, 0.717) is 24.7 Å². The van der Waals surface area contributed by atoms with Crippen molar-refractivity contribution < 1.29 is 13.9 Å². The van der Waals surface area contributed by atoms with Gasteiger partial charge in [0, 0.05) is 24.8 Å². The molecule has 0 radical (unpaired) electrons. The molecule has 2 heterocycles. The van der Waals surface area contributed by atoms with Gasteiger partial charge in [-0.1, -0.05) is 18.2 Å². The number of ether oxygens (including phenoxy) is 1. The van der Waals surface area contributed by atoms with Crippen molar-refractivity contribution in [1.82, 2.24) is 9.97 Å². The van der Waals surface area contributed by atoms with Crippen LogP contribution in [-0.2, 0) is 4.74 Å². The number of halogens is 1. The highest BCUT2D eigenvalue weighted by Gasteiger charge is 2.15. The third kappa shape index (κ3) is 4.67. The maximum atomic E-state index is 13.3. The molecule has 4 rings (SSSR count). The molecule has 1 fully saturated rings. The molecular weight excluding hydrogens is 373 g/mol. The third-order valence-electron chi connectivity index (χ3n) is 4.50. The molecule has 148 valence electrons. The Labute approximate surface area is 167 Å². The monoisotopic (exact) mass is 393 g/mol. The number of amides is 1. The van der Waals surface area contributed by atoms with E-state index in [1.54, 1.807) is 12.1 Å². The minimum atomic E-state index is -0.442. The Kier molecular flexibility index (Phi) is 5.62. The number of aromatic nitrogens is 2. The predicted molar refractivity (Wildman–Crippen MR) is 109 cm³/mol. The molecule has 3 aromatic rings. The first-order valence-corrected chi connectivity index (χ1v) is 9.27. The average Bonchev–Trinajstić information content (AvgIpc) is 2.75. The Morgan fingerprint density at radius 1 is 1.03 bits per heavy atom. The second-order valence-corrected chi connectivity index (χ2v) is 6.49. The van der Waals surface area contributed by atoms with Crippen LogP contribution in [0.4, 0.5) is 27.3 Å². The molecule has 2 aromatic carbocycles. The van der Waals surface area contributed by atoms with Crippen LogP contribution >= 0.6 is 0 Å². The third-order valence-corrected chi connectivity index (χ3v) is 4.50. The van der Waals surface area contributed by atoms with Gasteiger partial charge in [0.2, 0.25) is 0 Å². The van der Waals surface area contributed by atoms with Crippen molar-refractivity contribution in [3.05, 3.63) is 72.4 Å². The van der Waals surface area contributed by atoms with E-state index in [-0.39, 0.29) is 5.69 Å². The highest BCUT2D eigenvalue weighted by Crippen LogP contribution is 2.28. The summed E-state index contributed by atoms with van der Waals surface area (Å²) < 4.78 is 18.7. The van der Waals surface area contributed by atoms with Gasteiger partial charge in [0.15, 0.2) is 0 Å². The molecule has 1 saturated heterocycles. The van der Waals surface area contributed by atoms with Crippen molar-refractivity contribution in [2.75, 3.05) is 41.8 Å². The summed E-state index contributed by atoms with van der Waals surface area (Å²) in [5.74, 6) is -0.375. The SMILES string of the molecule is O=C(Nc1cccc(F)c1)c1cc(Nc2ccccc2N2CCOCC2)ncn1. The molecule has 7 nitrogen and oxygen atoms in total. The van der Waals surface area contributed by atoms with E-state index in [9.17, 15) is 9.18 Å². The van der Waals surface area contributed by atoms with Gasteiger partial charge in [-0.05, 0) is 30.3 Å². The first-order chi connectivity index (χ1) is 14.2. The van der Waals surface area contributed by atoms with E-state index in [4.69, 9.17) is 4.74 Å². The standard InChI is InChI=1S/C21H20FN5O2/c22-15-4-3-5-16(12-15)25-21(28)18-13-20(24-14-23-18)26-17-6-1-2-7-19(17)27-8-10-29-11-9-27/h1-7,12-14H,8-11H2,(H,25,28)(H,23,24,26). The molecule has 0 atom stereocenters. The van der Waals surface area contributed by atoms with E-state index >= 15 is 0 Å². The molecule has 1 amide bonds. The summed E-state index contributed by atoms with van der Waals surface area (Å²) >= 11 is 0. The van der Waals surface area contributed by atoms with Crippen molar-refractivity contribution in [3.63, 3.8) is 0 Å². The number of carbonyl (C=O) groups is 1. The van der Waals surface area contributed by atoms with Gasteiger partial charge in [-0.3, -0.25) is 4.79 Å². The van der Waals surface area contributed by atoms with Crippen LogP contribution in [-0.4, -0.2) is 42.2 Å². The Bertz CT molecular complexity index is 1010. The Balaban J connectivity index is 1.52. The van der Waals surface area contributed by atoms with Crippen LogP contribution in [0.15, 0.2) is 60.9 Å². The van der Waals surface area contributed by atoms with Crippen LogP contribution in [0.1, 0.15) is 10.5 Å². The molecule has 1 aliphatic heterocycles. The van der Waals surface area contributed by atoms with Gasteiger partial charge >= 0.3 is 0 Å². The molecule has 2 N–H and O–H groups in total. The van der Waals surface area contributed by atoms with Crippen LogP contribution in [0.3, 0.4) is 0 Å². The normalized spacial score (nSPS) is 13.8. The van der Waals surface area contributed by atoms with E-state index in [1.807, 2.05) is 24.3 Å². The number of para-hydroxylation sites is 2. The lowest BCUT2D eigenvalue weighted by Crippen LogP contribution is -2.36. The smallest absolute Gasteiger partial charge is 0.274 e. The fourth-order valence-electron chi connectivity index (χ4n) is 3.11. The largest absolute Gasteiger partial charge is 0.378 e. The summed E-state index contributed by atoms with van der Waals surface area (Å²) in [6.45, 7) is 2.99. The first-order valence-electron chi connectivity index (χ1n) is 9.27. The van der Waals surface area contributed by atoms with Crippen molar-refractivity contribution in [2.24, 2.45) is 0 Å². The van der Waals surface area contributed by atoms with Gasteiger partial charge in [0.25, 0.3) is 5.91 Å². The number of rotatable bonds is 5. The molecule has 29 heavy (non-hydrogen) atoms. The Morgan fingerprint density at radius 2 is 1.86 bits per heavy atom. The quantitative estimate of drug-likeness (QED) is 0.691. The van der Waals surface area contributed by atoms with Gasteiger partial charge in [0.05, 0.1) is 24.6 Å². The summed E-state index contributed by atoms with van der Waals surface area (Å²) in [4.78, 5) is 23.0. The molecule has 8 heteroatoms. The number of morpholine rings is 1. The van der Waals surface area contributed by atoms with E-state index in [2.05, 4.69) is 25.5 Å². The lowest BCUT2D eigenvalue weighted by molar-refractivity contribution is 0.102. The molecule has 0 saturated carbocycles. The minimum absolute atomic E-state index is 0.176.